The lowest BCUT2D eigenvalue weighted by molar-refractivity contribution is -0.136. The molecule has 2 rings (SSSR count). The molecule has 96 valence electrons. The Balaban J connectivity index is 2.08. The van der Waals surface area contributed by atoms with Crippen molar-refractivity contribution in [2.75, 3.05) is 5.32 Å². The van der Waals surface area contributed by atoms with E-state index in [4.69, 9.17) is 0 Å². The van der Waals surface area contributed by atoms with Crippen LogP contribution in [0.5, 0.6) is 0 Å². The quantitative estimate of drug-likeness (QED) is 0.819. The lowest BCUT2D eigenvalue weighted by Gasteiger charge is -2.08. The first-order chi connectivity index (χ1) is 8.47. The predicted octanol–water partition coefficient (Wildman–Crippen LogP) is 1.94. The SMILES string of the molecule is O=C(Nc1c(F)cc(F)cc1Br)C(=O)NC1CC1. The Hall–Kier alpha value is -1.50. The number of nitrogens with one attached hydrogen (secondary N) is 2. The van der Waals surface area contributed by atoms with Crippen LogP contribution in [0, 0.1) is 11.6 Å². The minimum atomic E-state index is -0.979. The van der Waals surface area contributed by atoms with Crippen LogP contribution < -0.4 is 10.6 Å². The predicted molar refractivity (Wildman–Crippen MR) is 63.9 cm³/mol. The number of halogens is 3. The second-order valence-electron chi connectivity index (χ2n) is 3.95. The molecule has 0 heterocycles. The van der Waals surface area contributed by atoms with E-state index in [-0.39, 0.29) is 16.2 Å². The van der Waals surface area contributed by atoms with Gasteiger partial charge in [-0.3, -0.25) is 9.59 Å². The average Bonchev–Trinajstić information content (AvgIpc) is 3.06. The van der Waals surface area contributed by atoms with Gasteiger partial charge in [-0.15, -0.1) is 0 Å². The molecule has 1 aromatic carbocycles. The lowest BCUT2D eigenvalue weighted by atomic mass is 10.3. The molecule has 0 saturated heterocycles. The molecule has 0 spiro atoms. The standard InChI is InChI=1S/C11H9BrF2N2O2/c12-7-3-5(13)4-8(14)9(7)16-11(18)10(17)15-6-1-2-6/h3-4,6H,1-2H2,(H,15,17)(H,16,18). The van der Waals surface area contributed by atoms with Gasteiger partial charge < -0.3 is 10.6 Å². The maximum absolute atomic E-state index is 13.4. The Morgan fingerprint density at radius 3 is 2.44 bits per heavy atom. The van der Waals surface area contributed by atoms with Crippen LogP contribution in [-0.2, 0) is 9.59 Å². The largest absolute Gasteiger partial charge is 0.345 e. The Kier molecular flexibility index (Phi) is 3.60. The molecule has 0 atom stereocenters. The molecular weight excluding hydrogens is 310 g/mol. The normalized spacial score (nSPS) is 14.2. The number of rotatable bonds is 2. The molecule has 7 heteroatoms. The molecule has 0 aromatic heterocycles. The number of benzene rings is 1. The van der Waals surface area contributed by atoms with Gasteiger partial charge in [-0.2, -0.15) is 0 Å². The van der Waals surface area contributed by atoms with Crippen molar-refractivity contribution in [3.63, 3.8) is 0 Å². The van der Waals surface area contributed by atoms with Crippen molar-refractivity contribution in [1.29, 1.82) is 0 Å². The topological polar surface area (TPSA) is 58.2 Å². The van der Waals surface area contributed by atoms with E-state index in [1.165, 1.54) is 0 Å². The van der Waals surface area contributed by atoms with Crippen molar-refractivity contribution in [3.05, 3.63) is 28.2 Å². The minimum absolute atomic E-state index is 0.0322. The third-order valence-corrected chi connectivity index (χ3v) is 2.99. The van der Waals surface area contributed by atoms with E-state index in [1.807, 2.05) is 0 Å². The van der Waals surface area contributed by atoms with Crippen LogP contribution in [0.4, 0.5) is 14.5 Å². The highest BCUT2D eigenvalue weighted by molar-refractivity contribution is 9.10. The van der Waals surface area contributed by atoms with Gasteiger partial charge in [0.05, 0.1) is 5.69 Å². The monoisotopic (exact) mass is 318 g/mol. The molecule has 2 N–H and O–H groups in total. The van der Waals surface area contributed by atoms with Gasteiger partial charge >= 0.3 is 11.8 Å². The summed E-state index contributed by atoms with van der Waals surface area (Å²) in [5, 5.41) is 4.56. The van der Waals surface area contributed by atoms with E-state index in [0.717, 1.165) is 18.9 Å². The number of hydrogen-bond acceptors (Lipinski definition) is 2. The van der Waals surface area contributed by atoms with E-state index in [2.05, 4.69) is 26.6 Å². The van der Waals surface area contributed by atoms with Crippen LogP contribution in [0.1, 0.15) is 12.8 Å². The van der Waals surface area contributed by atoms with Gasteiger partial charge in [-0.05, 0) is 34.8 Å². The zero-order valence-corrected chi connectivity index (χ0v) is 10.7. The summed E-state index contributed by atoms with van der Waals surface area (Å²) >= 11 is 2.91. The number of carbonyl (C=O) groups is 2. The summed E-state index contributed by atoms with van der Waals surface area (Å²) < 4.78 is 26.3. The van der Waals surface area contributed by atoms with Crippen molar-refractivity contribution in [2.24, 2.45) is 0 Å². The van der Waals surface area contributed by atoms with E-state index >= 15 is 0 Å². The van der Waals surface area contributed by atoms with Crippen molar-refractivity contribution >= 4 is 33.4 Å². The Labute approximate surface area is 110 Å². The van der Waals surface area contributed by atoms with Gasteiger partial charge in [0.2, 0.25) is 0 Å². The Morgan fingerprint density at radius 1 is 1.22 bits per heavy atom. The maximum atomic E-state index is 13.4. The van der Waals surface area contributed by atoms with Gasteiger partial charge in [-0.25, -0.2) is 8.78 Å². The van der Waals surface area contributed by atoms with Crippen molar-refractivity contribution in [3.8, 4) is 0 Å². The van der Waals surface area contributed by atoms with Gasteiger partial charge in [-0.1, -0.05) is 0 Å². The van der Waals surface area contributed by atoms with Gasteiger partial charge in [0.25, 0.3) is 0 Å². The molecular formula is C11H9BrF2N2O2. The third kappa shape index (κ3) is 3.04. The van der Waals surface area contributed by atoms with Crippen LogP contribution in [0.2, 0.25) is 0 Å². The molecule has 2 amide bonds. The highest BCUT2D eigenvalue weighted by atomic mass is 79.9. The van der Waals surface area contributed by atoms with Crippen molar-refractivity contribution in [2.45, 2.75) is 18.9 Å². The van der Waals surface area contributed by atoms with Crippen LogP contribution in [0.15, 0.2) is 16.6 Å². The zero-order chi connectivity index (χ0) is 13.3. The van der Waals surface area contributed by atoms with Crippen molar-refractivity contribution < 1.29 is 18.4 Å². The molecule has 18 heavy (non-hydrogen) atoms. The zero-order valence-electron chi connectivity index (χ0n) is 9.10. The van der Waals surface area contributed by atoms with Gasteiger partial charge in [0, 0.05) is 16.6 Å². The fourth-order valence-corrected chi connectivity index (χ4v) is 1.82. The van der Waals surface area contributed by atoms with E-state index in [9.17, 15) is 18.4 Å². The summed E-state index contributed by atoms with van der Waals surface area (Å²) in [6.45, 7) is 0. The fourth-order valence-electron chi connectivity index (χ4n) is 1.31. The van der Waals surface area contributed by atoms with E-state index in [0.29, 0.717) is 6.07 Å². The van der Waals surface area contributed by atoms with Crippen LogP contribution >= 0.6 is 15.9 Å². The Morgan fingerprint density at radius 2 is 1.89 bits per heavy atom. The molecule has 0 aliphatic heterocycles. The molecule has 1 aromatic rings. The molecule has 1 aliphatic rings. The first-order valence-electron chi connectivity index (χ1n) is 5.24. The fraction of sp³-hybridized carbons (Fsp3) is 0.273. The van der Waals surface area contributed by atoms with Crippen LogP contribution in [0.25, 0.3) is 0 Å². The first kappa shape index (κ1) is 12.9. The van der Waals surface area contributed by atoms with Gasteiger partial charge in [0.15, 0.2) is 5.82 Å². The molecule has 1 saturated carbocycles. The number of hydrogen-bond donors (Lipinski definition) is 2. The second-order valence-corrected chi connectivity index (χ2v) is 4.80. The summed E-state index contributed by atoms with van der Waals surface area (Å²) in [6.07, 6.45) is 1.68. The second kappa shape index (κ2) is 5.01. The molecule has 1 fully saturated rings. The third-order valence-electron chi connectivity index (χ3n) is 2.36. The molecule has 0 radical (unpaired) electrons. The minimum Gasteiger partial charge on any atom is -0.345 e. The smallest absolute Gasteiger partial charge is 0.313 e. The molecule has 4 nitrogen and oxygen atoms in total. The van der Waals surface area contributed by atoms with Gasteiger partial charge in [0.1, 0.15) is 5.82 Å². The van der Waals surface area contributed by atoms with E-state index in [1.54, 1.807) is 0 Å². The van der Waals surface area contributed by atoms with E-state index < -0.39 is 23.4 Å². The summed E-state index contributed by atoms with van der Waals surface area (Å²) in [5.74, 6) is -3.53. The van der Waals surface area contributed by atoms with Crippen molar-refractivity contribution in [1.82, 2.24) is 5.32 Å². The summed E-state index contributed by atoms with van der Waals surface area (Å²) in [7, 11) is 0. The Bertz CT molecular complexity index is 495. The average molecular weight is 319 g/mol. The highest BCUT2D eigenvalue weighted by Crippen LogP contribution is 2.26. The maximum Gasteiger partial charge on any atom is 0.313 e. The number of carbonyl (C=O) groups excluding carboxylic acids is 2. The summed E-state index contributed by atoms with van der Waals surface area (Å²) in [6, 6.07) is 1.65. The lowest BCUT2D eigenvalue weighted by Crippen LogP contribution is -2.36. The number of amides is 2. The van der Waals surface area contributed by atoms with Crippen LogP contribution in [0.3, 0.4) is 0 Å². The molecule has 0 bridgehead atoms. The van der Waals surface area contributed by atoms with Crippen LogP contribution in [-0.4, -0.2) is 17.9 Å². The highest BCUT2D eigenvalue weighted by Gasteiger charge is 2.27. The molecule has 1 aliphatic carbocycles. The first-order valence-corrected chi connectivity index (χ1v) is 6.03. The summed E-state index contributed by atoms with van der Waals surface area (Å²) in [5.41, 5.74) is -0.257. The molecule has 0 unspecified atom stereocenters. The number of anilines is 1. The summed E-state index contributed by atoms with van der Waals surface area (Å²) in [4.78, 5) is 22.8.